The van der Waals surface area contributed by atoms with Gasteiger partial charge in [-0.15, -0.1) is 24.0 Å². The van der Waals surface area contributed by atoms with Crippen molar-refractivity contribution in [3.63, 3.8) is 0 Å². The Morgan fingerprint density at radius 3 is 1.17 bits per heavy atom. The molecule has 0 aromatic rings. The predicted octanol–water partition coefficient (Wildman–Crippen LogP) is 2.37. The maximum atomic E-state index is 2.24. The van der Waals surface area contributed by atoms with E-state index in [1.165, 1.54) is 18.3 Å². The van der Waals surface area contributed by atoms with Crippen LogP contribution in [-0.4, -0.2) is 0 Å². The van der Waals surface area contributed by atoms with Gasteiger partial charge in [-0.1, -0.05) is 0 Å². The van der Waals surface area contributed by atoms with Crippen LogP contribution in [-0.2, 0) is 18.3 Å². The molecule has 6 heavy (non-hydrogen) atoms. The van der Waals surface area contributed by atoms with Crippen LogP contribution < -0.4 is 0 Å². The molecule has 0 rings (SSSR count). The van der Waals surface area contributed by atoms with E-state index >= 15 is 0 Å². The molecule has 35 valence electrons. The maximum absolute atomic E-state index is 2.24. The Morgan fingerprint density at radius 1 is 1.17 bits per heavy atom. The van der Waals surface area contributed by atoms with Crippen LogP contribution in [0.3, 0.4) is 0 Å². The normalized spacial score (nSPS) is 10.2. The van der Waals surface area contributed by atoms with Crippen molar-refractivity contribution in [1.82, 2.24) is 0 Å². The summed E-state index contributed by atoms with van der Waals surface area (Å²) in [5.41, 5.74) is 0. The van der Waals surface area contributed by atoms with Gasteiger partial charge < -0.3 is 0 Å². The van der Waals surface area contributed by atoms with E-state index in [4.69, 9.17) is 0 Å². The summed E-state index contributed by atoms with van der Waals surface area (Å²) in [6.45, 7) is 6.73. The molecule has 0 spiro atoms. The van der Waals surface area contributed by atoms with Crippen molar-refractivity contribution in [3.8, 4) is 0 Å². The molecule has 0 saturated carbocycles. The third-order valence-corrected chi connectivity index (χ3v) is 0. The molecule has 0 amide bonds. The van der Waals surface area contributed by atoms with Gasteiger partial charge in [-0.05, 0) is 0 Å². The number of hydrogen-bond acceptors (Lipinski definition) is 0. The molecule has 0 fully saturated rings. The molecule has 2 heteroatoms. The standard InChI is InChI=1S/C4H9.HI.Zn/c1-4(2)3;;/h1-3H3;1H;. The molecule has 0 aliphatic rings. The minimum Gasteiger partial charge on any atom is -0.107 e. The third-order valence-electron chi connectivity index (χ3n) is 0. The first-order chi connectivity index (χ1) is 2.00. The largest absolute Gasteiger partial charge is 0.107 e. The summed E-state index contributed by atoms with van der Waals surface area (Å²) in [4.78, 5) is 0. The van der Waals surface area contributed by atoms with Gasteiger partial charge in [0.15, 0.2) is 0 Å². The van der Waals surface area contributed by atoms with E-state index in [-0.39, 0.29) is 24.0 Å². The first-order valence-corrected chi connectivity index (χ1v) is 3.34. The summed E-state index contributed by atoms with van der Waals surface area (Å²) >= 11 is 1.40. The van der Waals surface area contributed by atoms with E-state index in [0.717, 1.165) is 0 Å². The van der Waals surface area contributed by atoms with Crippen LogP contribution in [0.15, 0.2) is 0 Å². The molecule has 0 radical (unpaired) electrons. The summed E-state index contributed by atoms with van der Waals surface area (Å²) < 4.78 is 0.625. The zero-order chi connectivity index (χ0) is 4.50. The van der Waals surface area contributed by atoms with Crippen molar-refractivity contribution in [2.45, 2.75) is 24.8 Å². The van der Waals surface area contributed by atoms with Crippen molar-refractivity contribution in [2.75, 3.05) is 0 Å². The zero-order valence-electron chi connectivity index (χ0n) is 4.62. The van der Waals surface area contributed by atoms with Gasteiger partial charge in [-0.3, -0.25) is 0 Å². The molecule has 0 aliphatic carbocycles. The predicted molar refractivity (Wildman–Crippen MR) is 35.1 cm³/mol. The van der Waals surface area contributed by atoms with Gasteiger partial charge in [0.1, 0.15) is 0 Å². The molecule has 0 nitrogen and oxygen atoms in total. The van der Waals surface area contributed by atoms with Crippen molar-refractivity contribution in [3.05, 3.63) is 0 Å². The summed E-state index contributed by atoms with van der Waals surface area (Å²) in [5, 5.41) is 0. The van der Waals surface area contributed by atoms with Crippen molar-refractivity contribution in [2.24, 2.45) is 0 Å². The number of rotatable bonds is 0. The van der Waals surface area contributed by atoms with Gasteiger partial charge in [0, 0.05) is 0 Å². The maximum Gasteiger partial charge on any atom is -0.107 e. The van der Waals surface area contributed by atoms with Crippen molar-refractivity contribution in [1.29, 1.82) is 0 Å². The molecule has 0 saturated heterocycles. The summed E-state index contributed by atoms with van der Waals surface area (Å²) in [5.74, 6) is 0. The Labute approximate surface area is 66.8 Å². The Hall–Kier alpha value is 1.35. The van der Waals surface area contributed by atoms with Crippen LogP contribution in [0.5, 0.6) is 0 Å². The van der Waals surface area contributed by atoms with E-state index in [0.29, 0.717) is 4.01 Å². The van der Waals surface area contributed by atoms with Gasteiger partial charge in [0.05, 0.1) is 0 Å². The van der Waals surface area contributed by atoms with E-state index in [2.05, 4.69) is 20.8 Å². The summed E-state index contributed by atoms with van der Waals surface area (Å²) in [7, 11) is 0. The van der Waals surface area contributed by atoms with Gasteiger partial charge in [-0.2, -0.15) is 0 Å². The molecule has 0 unspecified atom stereocenters. The first kappa shape index (κ1) is 10.4. The minimum absolute atomic E-state index is 0. The number of hydrogen-bond donors (Lipinski definition) is 0. The Morgan fingerprint density at radius 2 is 1.17 bits per heavy atom. The van der Waals surface area contributed by atoms with Crippen LogP contribution in [0.1, 0.15) is 20.8 Å². The van der Waals surface area contributed by atoms with E-state index in [1.807, 2.05) is 0 Å². The van der Waals surface area contributed by atoms with Crippen LogP contribution >= 0.6 is 24.0 Å². The Bertz CT molecular complexity index is 23.0. The second kappa shape index (κ2) is 3.37. The van der Waals surface area contributed by atoms with Gasteiger partial charge in [0.2, 0.25) is 0 Å². The Balaban J connectivity index is 0. The molecule has 0 atom stereocenters. The molecule has 0 aromatic carbocycles. The molecular formula is C4H10IZn. The quantitative estimate of drug-likeness (QED) is 0.457. The minimum atomic E-state index is 0. The molecule has 0 N–H and O–H groups in total. The smallest absolute Gasteiger partial charge is 0.107 e. The SMILES string of the molecule is C[C](C)(C)[Zn].I. The fourth-order valence-corrected chi connectivity index (χ4v) is 0. The molecule has 0 aliphatic heterocycles. The third kappa shape index (κ3) is 55.4. The van der Waals surface area contributed by atoms with Gasteiger partial charge in [0.25, 0.3) is 0 Å². The van der Waals surface area contributed by atoms with Crippen molar-refractivity contribution < 1.29 is 18.3 Å². The van der Waals surface area contributed by atoms with E-state index in [9.17, 15) is 0 Å². The van der Waals surface area contributed by atoms with Crippen molar-refractivity contribution >= 4 is 24.0 Å². The van der Waals surface area contributed by atoms with Crippen LogP contribution in [0, 0.1) is 0 Å². The number of halogens is 1. The van der Waals surface area contributed by atoms with Crippen LogP contribution in [0.4, 0.5) is 0 Å². The van der Waals surface area contributed by atoms with Crippen LogP contribution in [0.25, 0.3) is 0 Å². The summed E-state index contributed by atoms with van der Waals surface area (Å²) in [6.07, 6.45) is 0. The molecule has 0 aromatic heterocycles. The van der Waals surface area contributed by atoms with E-state index in [1.54, 1.807) is 0 Å². The van der Waals surface area contributed by atoms with Crippen LogP contribution in [0.2, 0.25) is 4.01 Å². The first-order valence-electron chi connectivity index (χ1n) is 1.85. The molecule has 0 bridgehead atoms. The molecular weight excluding hydrogens is 240 g/mol. The topological polar surface area (TPSA) is 0 Å². The zero-order valence-corrected chi connectivity index (χ0v) is 9.91. The van der Waals surface area contributed by atoms with Gasteiger partial charge >= 0.3 is 43.1 Å². The van der Waals surface area contributed by atoms with E-state index < -0.39 is 0 Å². The van der Waals surface area contributed by atoms with Gasteiger partial charge in [-0.25, -0.2) is 0 Å². The summed E-state index contributed by atoms with van der Waals surface area (Å²) in [6, 6.07) is 0. The fraction of sp³-hybridized carbons (Fsp3) is 1.00. The average Bonchev–Trinajstić information content (AvgIpc) is 0.722. The molecule has 0 heterocycles. The Kier molecular flexibility index (Phi) is 5.81. The second-order valence-corrected chi connectivity index (χ2v) is 7.01. The fourth-order valence-electron chi connectivity index (χ4n) is 0. The monoisotopic (exact) mass is 249 g/mol. The second-order valence-electron chi connectivity index (χ2n) is 2.56. The average molecular weight is 250 g/mol.